The Morgan fingerprint density at radius 2 is 2.03 bits per heavy atom. The number of hydrogen-bond donors (Lipinski definition) is 2. The molecule has 1 saturated heterocycles. The fourth-order valence-electron chi connectivity index (χ4n) is 6.80. The number of nitrogens with one attached hydrogen (secondary N) is 1. The highest BCUT2D eigenvalue weighted by molar-refractivity contribution is 5.93. The van der Waals surface area contributed by atoms with Crippen molar-refractivity contribution in [3.05, 3.63) is 24.2 Å². The zero-order valence-corrected chi connectivity index (χ0v) is 20.0. The van der Waals surface area contributed by atoms with E-state index < -0.39 is 46.8 Å². The summed E-state index contributed by atoms with van der Waals surface area (Å²) >= 11 is 0. The average molecular weight is 475 g/mol. The zero-order chi connectivity index (χ0) is 24.7. The molecule has 4 rings (SSSR count). The summed E-state index contributed by atoms with van der Waals surface area (Å²) in [4.78, 5) is 52.2. The minimum atomic E-state index is -1.03. The van der Waals surface area contributed by atoms with Crippen LogP contribution >= 0.6 is 0 Å². The number of fused-ring (bicyclic) bond motifs is 3. The number of ketones is 1. The maximum absolute atomic E-state index is 13.9. The van der Waals surface area contributed by atoms with Crippen LogP contribution in [0, 0.1) is 28.6 Å². The molecule has 9 heteroatoms. The summed E-state index contributed by atoms with van der Waals surface area (Å²) in [5, 5.41) is 2.95. The van der Waals surface area contributed by atoms with Crippen LogP contribution in [0.1, 0.15) is 64.5 Å². The highest BCUT2D eigenvalue weighted by atomic mass is 16.6. The zero-order valence-electron chi connectivity index (χ0n) is 20.0. The number of carbonyl (C=O) groups is 4. The Kier molecular flexibility index (Phi) is 6.59. The first-order chi connectivity index (χ1) is 16.1. The van der Waals surface area contributed by atoms with Crippen molar-refractivity contribution in [1.29, 1.82) is 0 Å². The Morgan fingerprint density at radius 1 is 1.26 bits per heavy atom. The molecule has 0 radical (unpaired) electrons. The highest BCUT2D eigenvalue weighted by Crippen LogP contribution is 2.65. The van der Waals surface area contributed by atoms with E-state index in [-0.39, 0.29) is 24.1 Å². The molecule has 3 fully saturated rings. The molecule has 7 atom stereocenters. The van der Waals surface area contributed by atoms with Gasteiger partial charge in [-0.15, -0.1) is 0 Å². The highest BCUT2D eigenvalue weighted by Gasteiger charge is 2.67. The third kappa shape index (κ3) is 4.04. The molecule has 1 aromatic rings. The number of cyclic esters (lactones) is 1. The fourth-order valence-corrected chi connectivity index (χ4v) is 6.80. The van der Waals surface area contributed by atoms with Crippen LogP contribution in [0.25, 0.3) is 0 Å². The molecular weight excluding hydrogens is 440 g/mol. The summed E-state index contributed by atoms with van der Waals surface area (Å²) in [5.74, 6) is -2.96. The smallest absolute Gasteiger partial charge is 0.310 e. The van der Waals surface area contributed by atoms with Crippen LogP contribution in [-0.4, -0.2) is 42.8 Å². The Morgan fingerprint density at radius 3 is 2.68 bits per heavy atom. The lowest BCUT2D eigenvalue weighted by atomic mass is 9.43. The van der Waals surface area contributed by atoms with Crippen molar-refractivity contribution < 1.29 is 33.1 Å². The molecule has 0 bridgehead atoms. The van der Waals surface area contributed by atoms with Crippen molar-refractivity contribution in [2.24, 2.45) is 34.3 Å². The van der Waals surface area contributed by atoms with Crippen LogP contribution in [0.15, 0.2) is 23.0 Å². The molecule has 2 heterocycles. The van der Waals surface area contributed by atoms with E-state index in [0.29, 0.717) is 38.8 Å². The number of ether oxygens (including phenoxy) is 2. The monoisotopic (exact) mass is 474 g/mol. The normalized spacial score (nSPS) is 37.2. The number of esters is 2. The lowest BCUT2D eigenvalue weighted by Gasteiger charge is -2.61. The van der Waals surface area contributed by atoms with Gasteiger partial charge in [-0.25, -0.2) is 0 Å². The van der Waals surface area contributed by atoms with Crippen LogP contribution in [0.3, 0.4) is 0 Å². The predicted octanol–water partition coefficient (Wildman–Crippen LogP) is 2.29. The first kappa shape index (κ1) is 24.4. The lowest BCUT2D eigenvalue weighted by molar-refractivity contribution is -0.207. The number of carbonyl (C=O) groups excluding carboxylic acids is 4. The maximum atomic E-state index is 13.9. The van der Waals surface area contributed by atoms with Gasteiger partial charge >= 0.3 is 11.9 Å². The quantitative estimate of drug-likeness (QED) is 0.473. The van der Waals surface area contributed by atoms with Crippen LogP contribution in [-0.2, 0) is 28.7 Å². The molecular formula is C25H34N2O7. The SMILES string of the molecule is CC(=O)O[C@H]1C[C@@H](C(=O)NCCCN)[C@]2(C)CC[C@H]3C(=O)O[C@H](c4ccoc4)C[C@]3(C)C2C1=O. The van der Waals surface area contributed by atoms with Crippen molar-refractivity contribution in [2.45, 2.75) is 65.1 Å². The summed E-state index contributed by atoms with van der Waals surface area (Å²) in [5.41, 5.74) is 4.85. The van der Waals surface area contributed by atoms with Gasteiger partial charge in [0, 0.05) is 37.3 Å². The van der Waals surface area contributed by atoms with Gasteiger partial charge < -0.3 is 24.9 Å². The van der Waals surface area contributed by atoms with Crippen LogP contribution in [0.4, 0.5) is 0 Å². The van der Waals surface area contributed by atoms with Crippen molar-refractivity contribution in [3.8, 4) is 0 Å². The van der Waals surface area contributed by atoms with Crippen molar-refractivity contribution in [2.75, 3.05) is 13.1 Å². The van der Waals surface area contributed by atoms with E-state index in [1.807, 2.05) is 13.8 Å². The third-order valence-electron chi connectivity index (χ3n) is 8.32. The first-order valence-electron chi connectivity index (χ1n) is 12.0. The minimum absolute atomic E-state index is 0.135. The van der Waals surface area contributed by atoms with Gasteiger partial charge in [-0.1, -0.05) is 13.8 Å². The minimum Gasteiger partial charge on any atom is -0.472 e. The van der Waals surface area contributed by atoms with Crippen molar-refractivity contribution >= 4 is 23.6 Å². The molecule has 3 aliphatic rings. The number of furan rings is 1. The molecule has 1 amide bonds. The summed E-state index contributed by atoms with van der Waals surface area (Å²) < 4.78 is 16.4. The van der Waals surface area contributed by atoms with Crippen LogP contribution in [0.5, 0.6) is 0 Å². The molecule has 0 aromatic carbocycles. The second kappa shape index (κ2) is 9.17. The van der Waals surface area contributed by atoms with Gasteiger partial charge in [0.1, 0.15) is 6.10 Å². The van der Waals surface area contributed by atoms with Crippen molar-refractivity contribution in [3.63, 3.8) is 0 Å². The van der Waals surface area contributed by atoms with Gasteiger partial charge in [-0.2, -0.15) is 0 Å². The molecule has 9 nitrogen and oxygen atoms in total. The number of hydrogen-bond acceptors (Lipinski definition) is 8. The van der Waals surface area contributed by atoms with Gasteiger partial charge in [0.25, 0.3) is 0 Å². The molecule has 186 valence electrons. The molecule has 1 aromatic heterocycles. The second-order valence-corrected chi connectivity index (χ2v) is 10.4. The number of nitrogens with two attached hydrogens (primary N) is 1. The molecule has 3 N–H and O–H groups in total. The predicted molar refractivity (Wildman–Crippen MR) is 120 cm³/mol. The van der Waals surface area contributed by atoms with E-state index in [1.165, 1.54) is 13.2 Å². The average Bonchev–Trinajstić information content (AvgIpc) is 3.29. The molecule has 34 heavy (non-hydrogen) atoms. The molecule has 2 saturated carbocycles. The standard InChI is InChI=1S/C25H34N2O7/c1-14(28)33-18-11-17(22(30)27-9-4-8-26)24(2)7-5-16-23(31)34-19(15-6-10-32-13-15)12-25(16,3)21(24)20(18)29/h6,10,13,16-19,21H,4-5,7-9,11-12,26H2,1-3H3,(H,27,30)/t16-,17-,18-,19-,21?,24-,25-/m0/s1. The van der Waals surface area contributed by atoms with E-state index in [1.54, 1.807) is 12.3 Å². The third-order valence-corrected chi connectivity index (χ3v) is 8.32. The molecule has 1 aliphatic heterocycles. The van der Waals surface area contributed by atoms with Gasteiger partial charge in [0.15, 0.2) is 11.9 Å². The number of Topliss-reactive ketones (excluding diaryl/α,β-unsaturated/α-hetero) is 1. The maximum Gasteiger partial charge on any atom is 0.310 e. The van der Waals surface area contributed by atoms with Crippen LogP contribution < -0.4 is 11.1 Å². The number of amides is 1. The summed E-state index contributed by atoms with van der Waals surface area (Å²) in [6.07, 6.45) is 3.74. The molecule has 1 unspecified atom stereocenters. The Hall–Kier alpha value is -2.68. The Labute approximate surface area is 199 Å². The fraction of sp³-hybridized carbons (Fsp3) is 0.680. The summed E-state index contributed by atoms with van der Waals surface area (Å²) in [6, 6.07) is 1.75. The number of rotatable bonds is 6. The Balaban J connectivity index is 1.74. The van der Waals surface area contributed by atoms with E-state index in [4.69, 9.17) is 19.6 Å². The van der Waals surface area contributed by atoms with Gasteiger partial charge in [0.05, 0.1) is 18.4 Å². The van der Waals surface area contributed by atoms with E-state index in [9.17, 15) is 19.2 Å². The topological polar surface area (TPSA) is 138 Å². The first-order valence-corrected chi connectivity index (χ1v) is 12.0. The largest absolute Gasteiger partial charge is 0.472 e. The van der Waals surface area contributed by atoms with Crippen LogP contribution in [0.2, 0.25) is 0 Å². The molecule has 2 aliphatic carbocycles. The summed E-state index contributed by atoms with van der Waals surface area (Å²) in [6.45, 7) is 6.07. The second-order valence-electron chi connectivity index (χ2n) is 10.4. The summed E-state index contributed by atoms with van der Waals surface area (Å²) in [7, 11) is 0. The van der Waals surface area contributed by atoms with Crippen molar-refractivity contribution in [1.82, 2.24) is 5.32 Å². The Bertz CT molecular complexity index is 960. The van der Waals surface area contributed by atoms with Gasteiger partial charge in [-0.3, -0.25) is 19.2 Å². The van der Waals surface area contributed by atoms with E-state index >= 15 is 0 Å². The van der Waals surface area contributed by atoms with E-state index in [2.05, 4.69) is 5.32 Å². The van der Waals surface area contributed by atoms with Gasteiger partial charge in [-0.05, 0) is 49.1 Å². The molecule has 0 spiro atoms. The lowest BCUT2D eigenvalue weighted by Crippen LogP contribution is -2.65. The van der Waals surface area contributed by atoms with E-state index in [0.717, 1.165) is 5.56 Å². The van der Waals surface area contributed by atoms with Gasteiger partial charge in [0.2, 0.25) is 5.91 Å².